The Kier molecular flexibility index (Phi) is 4.55. The summed E-state index contributed by atoms with van der Waals surface area (Å²) in [6.07, 6.45) is -4.47. The minimum Gasteiger partial charge on any atom is -0.373 e. The molecule has 0 saturated carbocycles. The fourth-order valence-corrected chi connectivity index (χ4v) is 2.23. The number of rotatable bonds is 3. The Labute approximate surface area is 131 Å². The summed E-state index contributed by atoms with van der Waals surface area (Å²) in [4.78, 5) is 4.00. The van der Waals surface area contributed by atoms with E-state index in [-0.39, 0.29) is 11.6 Å². The van der Waals surface area contributed by atoms with Crippen LogP contribution in [0.15, 0.2) is 30.3 Å². The lowest BCUT2D eigenvalue weighted by atomic mass is 10.2. The summed E-state index contributed by atoms with van der Waals surface area (Å²) in [5, 5.41) is 5.34. The molecule has 0 aliphatic carbocycles. The molecule has 0 bridgehead atoms. The number of nitrogens with zero attached hydrogens (tertiary/aromatic N) is 1. The van der Waals surface area contributed by atoms with Crippen molar-refractivity contribution in [2.45, 2.75) is 6.18 Å². The molecule has 2 N–H and O–H groups in total. The summed E-state index contributed by atoms with van der Waals surface area (Å²) < 4.78 is 52.0. The highest BCUT2D eigenvalue weighted by molar-refractivity contribution is 14.1. The van der Waals surface area contributed by atoms with E-state index in [4.69, 9.17) is 0 Å². The van der Waals surface area contributed by atoms with E-state index in [1.165, 1.54) is 25.2 Å². The van der Waals surface area contributed by atoms with Crippen molar-refractivity contribution >= 4 is 39.9 Å². The Balaban J connectivity index is 2.39. The summed E-state index contributed by atoms with van der Waals surface area (Å²) in [5.74, 6) is -0.305. The molecular formula is C13H10F4IN3. The van der Waals surface area contributed by atoms with Crippen molar-refractivity contribution in [1.29, 1.82) is 0 Å². The van der Waals surface area contributed by atoms with Crippen LogP contribution < -0.4 is 10.6 Å². The molecule has 2 rings (SSSR count). The molecule has 2 aromatic rings. The maximum atomic E-state index is 13.0. The number of anilines is 3. The van der Waals surface area contributed by atoms with Gasteiger partial charge in [0.05, 0.1) is 11.3 Å². The van der Waals surface area contributed by atoms with Gasteiger partial charge in [0.1, 0.15) is 17.5 Å². The predicted octanol–water partition coefficient (Wildman–Crippen LogP) is 4.63. The Morgan fingerprint density at radius 2 is 1.76 bits per heavy atom. The maximum Gasteiger partial charge on any atom is 0.416 e. The van der Waals surface area contributed by atoms with Gasteiger partial charge in [-0.2, -0.15) is 13.2 Å². The van der Waals surface area contributed by atoms with Gasteiger partial charge in [0.25, 0.3) is 0 Å². The molecule has 8 heteroatoms. The molecule has 0 spiro atoms. The first-order valence-corrected chi connectivity index (χ1v) is 6.86. The molecule has 0 atom stereocenters. The largest absolute Gasteiger partial charge is 0.416 e. The molecule has 0 amide bonds. The summed E-state index contributed by atoms with van der Waals surface area (Å²) in [6.45, 7) is 0. The van der Waals surface area contributed by atoms with Gasteiger partial charge in [-0.1, -0.05) is 0 Å². The number of hydrogen-bond donors (Lipinski definition) is 2. The van der Waals surface area contributed by atoms with Crippen molar-refractivity contribution < 1.29 is 17.6 Å². The van der Waals surface area contributed by atoms with Crippen LogP contribution in [0.25, 0.3) is 0 Å². The van der Waals surface area contributed by atoms with E-state index >= 15 is 0 Å². The molecule has 0 aliphatic rings. The molecule has 0 aliphatic heterocycles. The molecule has 21 heavy (non-hydrogen) atoms. The zero-order valence-electron chi connectivity index (χ0n) is 10.7. The van der Waals surface area contributed by atoms with Crippen LogP contribution in [0.4, 0.5) is 34.9 Å². The minimum atomic E-state index is -4.47. The van der Waals surface area contributed by atoms with Crippen LogP contribution in [0.2, 0.25) is 0 Å². The molecule has 0 saturated heterocycles. The average Bonchev–Trinajstić information content (AvgIpc) is 2.40. The summed E-state index contributed by atoms with van der Waals surface area (Å²) >= 11 is 1.89. The summed E-state index contributed by atoms with van der Waals surface area (Å²) in [6, 6.07) is 5.76. The van der Waals surface area contributed by atoms with Crippen molar-refractivity contribution in [3.05, 3.63) is 45.3 Å². The van der Waals surface area contributed by atoms with Crippen molar-refractivity contribution in [2.75, 3.05) is 17.7 Å². The molecule has 1 heterocycles. The zero-order chi connectivity index (χ0) is 15.6. The van der Waals surface area contributed by atoms with Crippen LogP contribution in [-0.2, 0) is 6.18 Å². The first-order chi connectivity index (χ1) is 9.79. The first-order valence-electron chi connectivity index (χ1n) is 5.78. The molecule has 0 fully saturated rings. The molecule has 1 aromatic heterocycles. The predicted molar refractivity (Wildman–Crippen MR) is 81.2 cm³/mol. The van der Waals surface area contributed by atoms with E-state index in [9.17, 15) is 17.6 Å². The molecule has 1 aromatic carbocycles. The van der Waals surface area contributed by atoms with Crippen LogP contribution in [0.5, 0.6) is 0 Å². The zero-order valence-corrected chi connectivity index (χ0v) is 12.9. The summed E-state index contributed by atoms with van der Waals surface area (Å²) in [7, 11) is 1.48. The normalized spacial score (nSPS) is 11.3. The van der Waals surface area contributed by atoms with Crippen LogP contribution >= 0.6 is 22.6 Å². The van der Waals surface area contributed by atoms with Gasteiger partial charge >= 0.3 is 6.18 Å². The third-order valence-electron chi connectivity index (χ3n) is 2.60. The van der Waals surface area contributed by atoms with E-state index in [2.05, 4.69) is 15.6 Å². The smallest absolute Gasteiger partial charge is 0.373 e. The second-order valence-electron chi connectivity index (χ2n) is 4.12. The third-order valence-corrected chi connectivity index (χ3v) is 3.50. The van der Waals surface area contributed by atoms with Gasteiger partial charge in [-0.3, -0.25) is 0 Å². The van der Waals surface area contributed by atoms with E-state index in [1.807, 2.05) is 22.6 Å². The standard InChI is InChI=1S/C13H10F4IN3/c1-19-11-4-7(13(15,16)17)5-12(21-11)20-10-3-2-8(14)6-9(10)18/h2-6H,1H3,(H2,19,20,21). The van der Waals surface area contributed by atoms with Gasteiger partial charge in [-0.25, -0.2) is 9.37 Å². The lowest BCUT2D eigenvalue weighted by Gasteiger charge is -2.13. The second kappa shape index (κ2) is 6.04. The van der Waals surface area contributed by atoms with Gasteiger partial charge in [0.15, 0.2) is 0 Å². The Morgan fingerprint density at radius 1 is 1.10 bits per heavy atom. The van der Waals surface area contributed by atoms with Gasteiger partial charge in [0.2, 0.25) is 0 Å². The van der Waals surface area contributed by atoms with E-state index in [1.54, 1.807) is 0 Å². The van der Waals surface area contributed by atoms with Crippen molar-refractivity contribution in [2.24, 2.45) is 0 Å². The quantitative estimate of drug-likeness (QED) is 0.572. The van der Waals surface area contributed by atoms with Crippen LogP contribution in [-0.4, -0.2) is 12.0 Å². The molecule has 0 unspecified atom stereocenters. The lowest BCUT2D eigenvalue weighted by Crippen LogP contribution is -2.08. The van der Waals surface area contributed by atoms with Crippen molar-refractivity contribution in [3.63, 3.8) is 0 Å². The average molecular weight is 411 g/mol. The Morgan fingerprint density at radius 3 is 2.33 bits per heavy atom. The van der Waals surface area contributed by atoms with Crippen molar-refractivity contribution in [1.82, 2.24) is 4.98 Å². The number of pyridine rings is 1. The fourth-order valence-electron chi connectivity index (χ4n) is 1.62. The van der Waals surface area contributed by atoms with Crippen LogP contribution in [0.3, 0.4) is 0 Å². The van der Waals surface area contributed by atoms with Gasteiger partial charge < -0.3 is 10.6 Å². The molecule has 112 valence electrons. The topological polar surface area (TPSA) is 37.0 Å². The van der Waals surface area contributed by atoms with Crippen LogP contribution in [0, 0.1) is 9.39 Å². The molecular weight excluding hydrogens is 401 g/mol. The number of alkyl halides is 3. The number of aromatic nitrogens is 1. The SMILES string of the molecule is CNc1cc(C(F)(F)F)cc(Nc2ccc(F)cc2I)n1. The van der Waals surface area contributed by atoms with Gasteiger partial charge in [-0.05, 0) is 52.9 Å². The van der Waals surface area contributed by atoms with E-state index < -0.39 is 17.6 Å². The minimum absolute atomic E-state index is 0.0266. The number of halogens is 5. The molecule has 0 radical (unpaired) electrons. The van der Waals surface area contributed by atoms with Gasteiger partial charge in [0, 0.05) is 10.6 Å². The number of benzene rings is 1. The lowest BCUT2D eigenvalue weighted by molar-refractivity contribution is -0.137. The number of nitrogens with one attached hydrogen (secondary N) is 2. The van der Waals surface area contributed by atoms with Crippen LogP contribution in [0.1, 0.15) is 5.56 Å². The monoisotopic (exact) mass is 411 g/mol. The fraction of sp³-hybridized carbons (Fsp3) is 0.154. The van der Waals surface area contributed by atoms with Gasteiger partial charge in [-0.15, -0.1) is 0 Å². The first kappa shape index (κ1) is 15.8. The summed E-state index contributed by atoms with van der Waals surface area (Å²) in [5.41, 5.74) is -0.340. The Hall–Kier alpha value is -1.58. The van der Waals surface area contributed by atoms with Crippen molar-refractivity contribution in [3.8, 4) is 0 Å². The second-order valence-corrected chi connectivity index (χ2v) is 5.29. The van der Waals surface area contributed by atoms with E-state index in [0.717, 1.165) is 12.1 Å². The molecule has 3 nitrogen and oxygen atoms in total. The highest BCUT2D eigenvalue weighted by atomic mass is 127. The maximum absolute atomic E-state index is 13.0. The highest BCUT2D eigenvalue weighted by Crippen LogP contribution is 2.33. The third kappa shape index (κ3) is 3.96. The highest BCUT2D eigenvalue weighted by Gasteiger charge is 2.31. The Bertz CT molecular complexity index is 658. The number of hydrogen-bond acceptors (Lipinski definition) is 3. The van der Waals surface area contributed by atoms with E-state index in [0.29, 0.717) is 9.26 Å².